The Bertz CT molecular complexity index is 623. The summed E-state index contributed by atoms with van der Waals surface area (Å²) in [4.78, 5) is 11.6. The van der Waals surface area contributed by atoms with Gasteiger partial charge in [-0.3, -0.25) is 16.1 Å². The Morgan fingerprint density at radius 2 is 2.00 bits per heavy atom. The smallest absolute Gasteiger partial charge is 0.210 e. The second-order valence-corrected chi connectivity index (χ2v) is 6.82. The van der Waals surface area contributed by atoms with Crippen LogP contribution >= 0.6 is 0 Å². The van der Waals surface area contributed by atoms with Crippen LogP contribution in [-0.2, 0) is 18.6 Å². The normalized spacial score (nSPS) is 31.3. The molecule has 2 aliphatic heterocycles. The fourth-order valence-corrected chi connectivity index (χ4v) is 3.97. The standard InChI is InChI=1S/C16H25N7/c17-15-20-16(18,22-21-15)12-9-11-3-4-13(23-7-1-2-8-23)5-6-14(11)19-10-12/h9-10,13,22H,1-8,18H2,(H3,17,20,21)/t13-,16?/m0/s1. The van der Waals surface area contributed by atoms with Crippen LogP contribution in [0.15, 0.2) is 17.3 Å². The number of aryl methyl sites for hydroxylation is 2. The number of hydrazine groups is 1. The number of nitrogens with one attached hydrogen (secondary N) is 2. The molecule has 0 radical (unpaired) electrons. The van der Waals surface area contributed by atoms with Gasteiger partial charge in [0.25, 0.3) is 0 Å². The van der Waals surface area contributed by atoms with Crippen molar-refractivity contribution >= 4 is 5.96 Å². The zero-order valence-electron chi connectivity index (χ0n) is 13.4. The SMILES string of the molecule is NC1=NC(N)(c2cnc3c(c2)CC[C@H](N2CCCC2)CC3)NN1. The Morgan fingerprint density at radius 1 is 1.22 bits per heavy atom. The van der Waals surface area contributed by atoms with Crippen molar-refractivity contribution in [3.8, 4) is 0 Å². The summed E-state index contributed by atoms with van der Waals surface area (Å²) in [5.74, 6) is -0.719. The van der Waals surface area contributed by atoms with E-state index in [1.165, 1.54) is 50.0 Å². The summed E-state index contributed by atoms with van der Waals surface area (Å²) in [6.45, 7) is 2.52. The predicted molar refractivity (Wildman–Crippen MR) is 89.2 cm³/mol. The van der Waals surface area contributed by atoms with Crippen LogP contribution in [0.25, 0.3) is 0 Å². The van der Waals surface area contributed by atoms with E-state index in [0.717, 1.165) is 18.4 Å². The largest absolute Gasteiger partial charge is 0.369 e. The van der Waals surface area contributed by atoms with E-state index >= 15 is 0 Å². The van der Waals surface area contributed by atoms with Crippen LogP contribution in [0.4, 0.5) is 0 Å². The van der Waals surface area contributed by atoms with Crippen LogP contribution in [0.1, 0.15) is 42.5 Å². The lowest BCUT2D eigenvalue weighted by atomic mass is 10.0. The van der Waals surface area contributed by atoms with Gasteiger partial charge in [-0.15, -0.1) is 0 Å². The number of pyridine rings is 1. The van der Waals surface area contributed by atoms with E-state index in [-0.39, 0.29) is 0 Å². The molecule has 3 aliphatic rings. The molecule has 0 spiro atoms. The van der Waals surface area contributed by atoms with Crippen molar-refractivity contribution in [1.29, 1.82) is 0 Å². The monoisotopic (exact) mass is 315 g/mol. The van der Waals surface area contributed by atoms with E-state index < -0.39 is 5.79 Å². The highest BCUT2D eigenvalue weighted by molar-refractivity contribution is 5.79. The molecule has 1 unspecified atom stereocenters. The zero-order chi connectivity index (χ0) is 15.9. The fourth-order valence-electron chi connectivity index (χ4n) is 3.97. The minimum absolute atomic E-state index is 0.302. The van der Waals surface area contributed by atoms with Crippen LogP contribution in [0.2, 0.25) is 0 Å². The Labute approximate surface area is 136 Å². The maximum absolute atomic E-state index is 6.28. The molecule has 124 valence electrons. The van der Waals surface area contributed by atoms with E-state index in [2.05, 4.69) is 31.8 Å². The van der Waals surface area contributed by atoms with Crippen molar-refractivity contribution in [1.82, 2.24) is 20.7 Å². The Kier molecular flexibility index (Phi) is 3.71. The molecule has 0 amide bonds. The third-order valence-corrected chi connectivity index (χ3v) is 5.30. The number of likely N-dealkylation sites (tertiary alicyclic amines) is 1. The van der Waals surface area contributed by atoms with E-state index in [0.29, 0.717) is 12.0 Å². The van der Waals surface area contributed by atoms with Crippen molar-refractivity contribution in [2.45, 2.75) is 50.4 Å². The fraction of sp³-hybridized carbons (Fsp3) is 0.625. The highest BCUT2D eigenvalue weighted by Gasteiger charge is 2.33. The van der Waals surface area contributed by atoms with Crippen LogP contribution in [0.5, 0.6) is 0 Å². The van der Waals surface area contributed by atoms with E-state index in [9.17, 15) is 0 Å². The summed E-state index contributed by atoms with van der Waals surface area (Å²) in [7, 11) is 0. The van der Waals surface area contributed by atoms with E-state index in [4.69, 9.17) is 11.5 Å². The highest BCUT2D eigenvalue weighted by Crippen LogP contribution is 2.27. The Balaban J connectivity index is 1.54. The third-order valence-electron chi connectivity index (χ3n) is 5.30. The Morgan fingerprint density at radius 3 is 2.74 bits per heavy atom. The quantitative estimate of drug-likeness (QED) is 0.569. The predicted octanol–water partition coefficient (Wildman–Crippen LogP) is -0.0837. The molecule has 0 bridgehead atoms. The van der Waals surface area contributed by atoms with Gasteiger partial charge in [-0.25, -0.2) is 4.99 Å². The van der Waals surface area contributed by atoms with Gasteiger partial charge in [0, 0.05) is 23.5 Å². The molecule has 1 aromatic heterocycles. The number of hydrogen-bond acceptors (Lipinski definition) is 7. The summed E-state index contributed by atoms with van der Waals surface area (Å²) < 4.78 is 0. The number of nitrogens with zero attached hydrogens (tertiary/aromatic N) is 3. The lowest BCUT2D eigenvalue weighted by molar-refractivity contribution is 0.222. The lowest BCUT2D eigenvalue weighted by Crippen LogP contribution is -2.50. The number of aliphatic imine (C=N–C) groups is 1. The maximum Gasteiger partial charge on any atom is 0.210 e. The first-order valence-electron chi connectivity index (χ1n) is 8.54. The summed E-state index contributed by atoms with van der Waals surface area (Å²) >= 11 is 0. The molecule has 1 saturated heterocycles. The molecule has 23 heavy (non-hydrogen) atoms. The molecule has 1 aromatic rings. The number of hydrogen-bond donors (Lipinski definition) is 4. The van der Waals surface area contributed by atoms with Gasteiger partial charge in [0.15, 0.2) is 0 Å². The highest BCUT2D eigenvalue weighted by atomic mass is 15.6. The lowest BCUT2D eigenvalue weighted by Gasteiger charge is -2.25. The molecule has 1 aliphatic carbocycles. The van der Waals surface area contributed by atoms with E-state index in [1.54, 1.807) is 0 Å². The third kappa shape index (κ3) is 2.80. The molecule has 0 aromatic carbocycles. The average Bonchev–Trinajstić information content (AvgIpc) is 3.14. The van der Waals surface area contributed by atoms with Gasteiger partial charge in [-0.1, -0.05) is 0 Å². The first-order valence-corrected chi connectivity index (χ1v) is 8.54. The van der Waals surface area contributed by atoms with E-state index in [1.807, 2.05) is 6.20 Å². The van der Waals surface area contributed by atoms with Gasteiger partial charge in [-0.05, 0) is 63.2 Å². The van der Waals surface area contributed by atoms with Crippen LogP contribution in [-0.4, -0.2) is 35.0 Å². The summed E-state index contributed by atoms with van der Waals surface area (Å²) in [6, 6.07) is 2.84. The summed E-state index contributed by atoms with van der Waals surface area (Å²) in [6.07, 6.45) is 9.03. The number of rotatable bonds is 2. The molecule has 4 rings (SSSR count). The van der Waals surface area contributed by atoms with Crippen LogP contribution in [0, 0.1) is 0 Å². The van der Waals surface area contributed by atoms with Gasteiger partial charge in [0.1, 0.15) is 0 Å². The summed E-state index contributed by atoms with van der Waals surface area (Å²) in [5.41, 5.74) is 21.0. The van der Waals surface area contributed by atoms with Crippen molar-refractivity contribution < 1.29 is 0 Å². The molecule has 2 atom stereocenters. The van der Waals surface area contributed by atoms with Crippen LogP contribution in [0.3, 0.4) is 0 Å². The molecule has 7 nitrogen and oxygen atoms in total. The summed E-state index contributed by atoms with van der Waals surface area (Å²) in [5, 5.41) is 0. The van der Waals surface area contributed by atoms with Crippen molar-refractivity contribution in [3.05, 3.63) is 29.1 Å². The van der Waals surface area contributed by atoms with Crippen molar-refractivity contribution in [3.63, 3.8) is 0 Å². The number of fused-ring (bicyclic) bond motifs is 1. The van der Waals surface area contributed by atoms with Gasteiger partial charge >= 0.3 is 0 Å². The zero-order valence-corrected chi connectivity index (χ0v) is 13.4. The van der Waals surface area contributed by atoms with Gasteiger partial charge in [0.2, 0.25) is 11.7 Å². The van der Waals surface area contributed by atoms with Crippen molar-refractivity contribution in [2.24, 2.45) is 16.5 Å². The average molecular weight is 315 g/mol. The second kappa shape index (κ2) is 5.74. The minimum Gasteiger partial charge on any atom is -0.369 e. The number of nitrogens with two attached hydrogens (primary N) is 2. The maximum atomic E-state index is 6.28. The first-order chi connectivity index (χ1) is 11.1. The molecule has 6 N–H and O–H groups in total. The van der Waals surface area contributed by atoms with Gasteiger partial charge < -0.3 is 10.6 Å². The minimum atomic E-state index is -1.02. The molecule has 1 fully saturated rings. The topological polar surface area (TPSA) is 105 Å². The second-order valence-electron chi connectivity index (χ2n) is 6.82. The van der Waals surface area contributed by atoms with Crippen LogP contribution < -0.4 is 22.3 Å². The molecular weight excluding hydrogens is 290 g/mol. The van der Waals surface area contributed by atoms with Gasteiger partial charge in [-0.2, -0.15) is 5.43 Å². The molecule has 7 heteroatoms. The number of guanidine groups is 1. The molecule has 0 saturated carbocycles. The van der Waals surface area contributed by atoms with Gasteiger partial charge in [0.05, 0.1) is 0 Å². The molecule has 3 heterocycles. The number of aromatic nitrogens is 1. The molecular formula is C16H25N7. The van der Waals surface area contributed by atoms with Crippen molar-refractivity contribution in [2.75, 3.05) is 13.1 Å². The Hall–Kier alpha value is -1.70. The first kappa shape index (κ1) is 14.9.